The van der Waals surface area contributed by atoms with E-state index in [2.05, 4.69) is 21.0 Å². The highest BCUT2D eigenvalue weighted by molar-refractivity contribution is 8.00. The van der Waals surface area contributed by atoms with Gasteiger partial charge in [-0.1, -0.05) is 0 Å². The van der Waals surface area contributed by atoms with Crippen molar-refractivity contribution in [1.29, 1.82) is 0 Å². The molecular weight excluding hydrogens is 374 g/mol. The first-order valence-electron chi connectivity index (χ1n) is 8.26. The van der Waals surface area contributed by atoms with E-state index in [1.807, 2.05) is 30.5 Å². The van der Waals surface area contributed by atoms with Gasteiger partial charge in [0.25, 0.3) is 5.91 Å². The van der Waals surface area contributed by atoms with Crippen molar-refractivity contribution in [3.05, 3.63) is 36.7 Å². The largest absolute Gasteiger partial charge is 0.324 e. The number of benzene rings is 1. The van der Waals surface area contributed by atoms with Crippen molar-refractivity contribution >= 4 is 47.4 Å². The number of fused-ring (bicyclic) bond motifs is 1. The molecule has 1 aromatic heterocycles. The molecule has 0 atom stereocenters. The van der Waals surface area contributed by atoms with Crippen molar-refractivity contribution in [1.82, 2.24) is 15.1 Å². The number of piperidine rings is 1. The highest BCUT2D eigenvalue weighted by Crippen LogP contribution is 2.34. The molecule has 2 amide bonds. The smallest absolute Gasteiger partial charge is 0.252 e. The normalized spacial score (nSPS) is 18.2. The SMILES string of the molecule is Cl.O=C1CSc2ccc(NC(=O)C3(n4cccn4)CCNCC3)cc2N1. The molecule has 4 rings (SSSR count). The Kier molecular flexibility index (Phi) is 5.55. The van der Waals surface area contributed by atoms with Crippen LogP contribution in [0.5, 0.6) is 0 Å². The highest BCUT2D eigenvalue weighted by Gasteiger charge is 2.42. The lowest BCUT2D eigenvalue weighted by Crippen LogP contribution is -2.52. The number of rotatable bonds is 3. The Balaban J connectivity index is 0.00000196. The lowest BCUT2D eigenvalue weighted by Gasteiger charge is -2.36. The van der Waals surface area contributed by atoms with Gasteiger partial charge < -0.3 is 16.0 Å². The van der Waals surface area contributed by atoms with Crippen LogP contribution in [0, 0.1) is 0 Å². The van der Waals surface area contributed by atoms with Gasteiger partial charge in [-0.25, -0.2) is 0 Å². The van der Waals surface area contributed by atoms with Crippen LogP contribution in [0.15, 0.2) is 41.6 Å². The van der Waals surface area contributed by atoms with Crippen LogP contribution in [0.3, 0.4) is 0 Å². The molecule has 2 aliphatic heterocycles. The van der Waals surface area contributed by atoms with Crippen molar-refractivity contribution in [2.24, 2.45) is 0 Å². The van der Waals surface area contributed by atoms with Gasteiger partial charge in [0.05, 0.1) is 11.4 Å². The summed E-state index contributed by atoms with van der Waals surface area (Å²) in [6, 6.07) is 7.45. The van der Waals surface area contributed by atoms with Crippen LogP contribution >= 0.6 is 24.2 Å². The van der Waals surface area contributed by atoms with E-state index in [-0.39, 0.29) is 24.2 Å². The highest BCUT2D eigenvalue weighted by atomic mass is 35.5. The maximum Gasteiger partial charge on any atom is 0.252 e. The summed E-state index contributed by atoms with van der Waals surface area (Å²) < 4.78 is 1.76. The molecule has 0 radical (unpaired) electrons. The van der Waals surface area contributed by atoms with E-state index in [1.54, 1.807) is 10.9 Å². The molecule has 3 heterocycles. The Bertz CT molecular complexity index is 805. The second-order valence-corrected chi connectivity index (χ2v) is 7.25. The number of nitrogens with zero attached hydrogens (tertiary/aromatic N) is 2. The molecule has 2 aromatic rings. The van der Waals surface area contributed by atoms with Crippen molar-refractivity contribution in [2.45, 2.75) is 23.3 Å². The molecule has 7 nitrogen and oxygen atoms in total. The molecule has 0 saturated carbocycles. The molecule has 2 aliphatic rings. The van der Waals surface area contributed by atoms with Crippen molar-refractivity contribution in [2.75, 3.05) is 29.5 Å². The lowest BCUT2D eigenvalue weighted by atomic mass is 9.87. The summed E-state index contributed by atoms with van der Waals surface area (Å²) in [5, 5.41) is 13.5. The standard InChI is InChI=1S/C17H19N5O2S.ClH/c23-15-11-25-14-3-2-12(10-13(14)21-15)20-16(24)17(4-7-18-8-5-17)22-9-1-6-19-22;/h1-3,6,9-10,18H,4-5,7-8,11H2,(H,20,24)(H,21,23);1H. The van der Waals surface area contributed by atoms with Gasteiger partial charge in [0.1, 0.15) is 5.54 Å². The van der Waals surface area contributed by atoms with Crippen LogP contribution in [0.1, 0.15) is 12.8 Å². The number of halogens is 1. The van der Waals surface area contributed by atoms with Gasteiger partial charge in [-0.05, 0) is 50.2 Å². The van der Waals surface area contributed by atoms with E-state index in [9.17, 15) is 9.59 Å². The minimum absolute atomic E-state index is 0. The topological polar surface area (TPSA) is 88.0 Å². The van der Waals surface area contributed by atoms with Crippen molar-refractivity contribution in [3.8, 4) is 0 Å². The molecule has 9 heteroatoms. The van der Waals surface area contributed by atoms with E-state index in [0.717, 1.165) is 23.7 Å². The van der Waals surface area contributed by atoms with Gasteiger partial charge in [0, 0.05) is 23.0 Å². The predicted molar refractivity (Wildman–Crippen MR) is 104 cm³/mol. The van der Waals surface area contributed by atoms with E-state index < -0.39 is 5.54 Å². The molecular formula is C17H20ClN5O2S. The Labute approximate surface area is 161 Å². The minimum Gasteiger partial charge on any atom is -0.324 e. The van der Waals surface area contributed by atoms with Gasteiger partial charge in [0.15, 0.2) is 0 Å². The molecule has 3 N–H and O–H groups in total. The summed E-state index contributed by atoms with van der Waals surface area (Å²) in [5.41, 5.74) is 0.733. The third-order valence-electron chi connectivity index (χ3n) is 4.67. The number of hydrogen-bond acceptors (Lipinski definition) is 5. The number of nitrogens with one attached hydrogen (secondary N) is 3. The quantitative estimate of drug-likeness (QED) is 0.743. The summed E-state index contributed by atoms with van der Waals surface area (Å²) in [5.74, 6) is 0.327. The summed E-state index contributed by atoms with van der Waals surface area (Å²) in [6.07, 6.45) is 4.90. The first-order valence-corrected chi connectivity index (χ1v) is 9.25. The van der Waals surface area contributed by atoms with Gasteiger partial charge in [-0.15, -0.1) is 24.2 Å². The summed E-state index contributed by atoms with van der Waals surface area (Å²) in [4.78, 5) is 25.7. The van der Waals surface area contributed by atoms with Crippen LogP contribution in [-0.4, -0.2) is 40.4 Å². The first-order chi connectivity index (χ1) is 12.2. The molecule has 0 aliphatic carbocycles. The van der Waals surface area contributed by atoms with Gasteiger partial charge in [-0.3, -0.25) is 14.3 Å². The first kappa shape index (κ1) is 18.8. The molecule has 0 unspecified atom stereocenters. The molecule has 1 saturated heterocycles. The maximum atomic E-state index is 13.1. The van der Waals surface area contributed by atoms with Gasteiger partial charge in [-0.2, -0.15) is 5.10 Å². The van der Waals surface area contributed by atoms with Crippen molar-refractivity contribution < 1.29 is 9.59 Å². The van der Waals surface area contributed by atoms with Gasteiger partial charge in [0.2, 0.25) is 5.91 Å². The second-order valence-electron chi connectivity index (χ2n) is 6.23. The number of aromatic nitrogens is 2. The van der Waals surface area contributed by atoms with E-state index >= 15 is 0 Å². The van der Waals surface area contributed by atoms with Crippen LogP contribution in [0.25, 0.3) is 0 Å². The number of hydrogen-bond donors (Lipinski definition) is 3. The molecule has 1 fully saturated rings. The molecule has 0 spiro atoms. The zero-order valence-electron chi connectivity index (χ0n) is 14.0. The van der Waals surface area contributed by atoms with E-state index in [4.69, 9.17) is 0 Å². The molecule has 1 aromatic carbocycles. The summed E-state index contributed by atoms with van der Waals surface area (Å²) in [6.45, 7) is 1.54. The number of carbonyl (C=O) groups is 2. The molecule has 26 heavy (non-hydrogen) atoms. The number of thioether (sulfide) groups is 1. The predicted octanol–water partition coefficient (Wildman–Crippen LogP) is 2.07. The summed E-state index contributed by atoms with van der Waals surface area (Å²) >= 11 is 1.50. The Morgan fingerprint density at radius 3 is 2.85 bits per heavy atom. The summed E-state index contributed by atoms with van der Waals surface area (Å²) in [7, 11) is 0. The monoisotopic (exact) mass is 393 g/mol. The Morgan fingerprint density at radius 2 is 2.12 bits per heavy atom. The maximum absolute atomic E-state index is 13.1. The van der Waals surface area contributed by atoms with E-state index in [1.165, 1.54) is 11.8 Å². The number of amides is 2. The average Bonchev–Trinajstić information content (AvgIpc) is 3.17. The third-order valence-corrected chi connectivity index (χ3v) is 5.74. The average molecular weight is 394 g/mol. The van der Waals surface area contributed by atoms with Crippen LogP contribution in [0.2, 0.25) is 0 Å². The Hall–Kier alpha value is -2.03. The third kappa shape index (κ3) is 3.44. The fraction of sp³-hybridized carbons (Fsp3) is 0.353. The van der Waals surface area contributed by atoms with Gasteiger partial charge >= 0.3 is 0 Å². The molecule has 0 bridgehead atoms. The number of anilines is 2. The Morgan fingerprint density at radius 1 is 1.31 bits per heavy atom. The van der Waals surface area contributed by atoms with E-state index in [0.29, 0.717) is 24.3 Å². The van der Waals surface area contributed by atoms with Crippen molar-refractivity contribution in [3.63, 3.8) is 0 Å². The van der Waals surface area contributed by atoms with Crippen LogP contribution in [-0.2, 0) is 15.1 Å². The fourth-order valence-corrected chi connectivity index (χ4v) is 4.12. The minimum atomic E-state index is -0.692. The number of carbonyl (C=O) groups excluding carboxylic acids is 2. The zero-order chi connectivity index (χ0) is 17.3. The fourth-order valence-electron chi connectivity index (χ4n) is 3.33. The molecule has 138 valence electrons. The lowest BCUT2D eigenvalue weighted by molar-refractivity contribution is -0.126. The second kappa shape index (κ2) is 7.69. The van der Waals surface area contributed by atoms with Crippen LogP contribution < -0.4 is 16.0 Å². The zero-order valence-corrected chi connectivity index (χ0v) is 15.7. The van der Waals surface area contributed by atoms with Crippen LogP contribution in [0.4, 0.5) is 11.4 Å².